The zero-order chi connectivity index (χ0) is 35.9. The Bertz CT molecular complexity index is 782. The summed E-state index contributed by atoms with van der Waals surface area (Å²) in [5.41, 5.74) is 0. The molecule has 0 aromatic carbocycles. The second kappa shape index (κ2) is 38.7. The molecule has 284 valence electrons. The standard InChI is InChI=1S/C44H79NO4/c1-5-7-9-11-13-15-17-19-21-23-25-27-29-31-33-35-40-48-43(46)42(38-37-39-45(3)4)44(47)49-41-36-34-32-30-28-26-24-22-20-18-16-14-12-10-8-6-2/h13-16,19-22,42H,5-12,17-18,23-41H2,1-4H3. The molecule has 0 saturated heterocycles. The lowest BCUT2D eigenvalue weighted by Crippen LogP contribution is -2.29. The zero-order valence-electron chi connectivity index (χ0n) is 32.8. The average molecular weight is 686 g/mol. The molecule has 0 aliphatic heterocycles. The summed E-state index contributed by atoms with van der Waals surface area (Å²) in [6.07, 6.45) is 47.8. The molecule has 49 heavy (non-hydrogen) atoms. The van der Waals surface area contributed by atoms with Crippen molar-refractivity contribution in [3.63, 3.8) is 0 Å². The smallest absolute Gasteiger partial charge is 0.320 e. The summed E-state index contributed by atoms with van der Waals surface area (Å²) in [4.78, 5) is 27.8. The molecular formula is C44H79NO4. The number of unbranched alkanes of at least 4 members (excludes halogenated alkanes) is 18. The van der Waals surface area contributed by atoms with Crippen molar-refractivity contribution in [1.29, 1.82) is 0 Å². The predicted molar refractivity (Wildman–Crippen MR) is 212 cm³/mol. The highest BCUT2D eigenvalue weighted by molar-refractivity contribution is 5.94. The highest BCUT2D eigenvalue weighted by atomic mass is 16.6. The van der Waals surface area contributed by atoms with Crippen LogP contribution < -0.4 is 0 Å². The Labute approximate surface area is 304 Å². The molecule has 0 saturated carbocycles. The number of esters is 2. The van der Waals surface area contributed by atoms with Crippen molar-refractivity contribution in [3.05, 3.63) is 48.6 Å². The lowest BCUT2D eigenvalue weighted by molar-refractivity contribution is -0.162. The van der Waals surface area contributed by atoms with Gasteiger partial charge in [0.15, 0.2) is 5.92 Å². The number of allylic oxidation sites excluding steroid dienone is 8. The zero-order valence-corrected chi connectivity index (χ0v) is 32.8. The highest BCUT2D eigenvalue weighted by Crippen LogP contribution is 2.15. The van der Waals surface area contributed by atoms with Gasteiger partial charge in [0.2, 0.25) is 0 Å². The minimum atomic E-state index is -0.811. The van der Waals surface area contributed by atoms with Crippen LogP contribution in [0.15, 0.2) is 48.6 Å². The van der Waals surface area contributed by atoms with Crippen molar-refractivity contribution in [2.45, 2.75) is 181 Å². The van der Waals surface area contributed by atoms with Gasteiger partial charge >= 0.3 is 11.9 Å². The minimum Gasteiger partial charge on any atom is -0.465 e. The predicted octanol–water partition coefficient (Wildman–Crippen LogP) is 12.7. The van der Waals surface area contributed by atoms with E-state index in [1.54, 1.807) is 0 Å². The number of hydrogen-bond acceptors (Lipinski definition) is 5. The van der Waals surface area contributed by atoms with E-state index in [2.05, 4.69) is 67.4 Å². The van der Waals surface area contributed by atoms with Crippen LogP contribution in [-0.4, -0.2) is 50.7 Å². The molecule has 0 heterocycles. The minimum absolute atomic E-state index is 0.386. The second-order valence-electron chi connectivity index (χ2n) is 14.0. The fraction of sp³-hybridized carbons (Fsp3) is 0.773. The van der Waals surface area contributed by atoms with Crippen LogP contribution >= 0.6 is 0 Å². The SMILES string of the molecule is CCCCCC=CCC=CCCCCCCCCOC(=O)C(CCCN(C)C)C(=O)OCCCCCCCCC=CCC=CCCCCC. The molecule has 5 nitrogen and oxygen atoms in total. The van der Waals surface area contributed by atoms with Crippen LogP contribution in [0.1, 0.15) is 181 Å². The molecule has 0 aromatic heterocycles. The summed E-state index contributed by atoms with van der Waals surface area (Å²) in [7, 11) is 4.01. The van der Waals surface area contributed by atoms with Crippen LogP contribution in [0.2, 0.25) is 0 Å². The summed E-state index contributed by atoms with van der Waals surface area (Å²) >= 11 is 0. The molecule has 0 amide bonds. The molecule has 0 bridgehead atoms. The summed E-state index contributed by atoms with van der Waals surface area (Å²) in [5, 5.41) is 0. The van der Waals surface area contributed by atoms with Gasteiger partial charge in [0, 0.05) is 0 Å². The normalized spacial score (nSPS) is 12.8. The Kier molecular flexibility index (Phi) is 37.0. The number of hydrogen-bond donors (Lipinski definition) is 0. The number of rotatable bonds is 36. The molecular weight excluding hydrogens is 606 g/mol. The van der Waals surface area contributed by atoms with E-state index in [-0.39, 0.29) is 0 Å². The molecule has 0 N–H and O–H groups in total. The van der Waals surface area contributed by atoms with Crippen molar-refractivity contribution >= 4 is 11.9 Å². The fourth-order valence-corrected chi connectivity index (χ4v) is 5.67. The van der Waals surface area contributed by atoms with E-state index in [0.29, 0.717) is 19.6 Å². The van der Waals surface area contributed by atoms with E-state index >= 15 is 0 Å². The molecule has 0 unspecified atom stereocenters. The van der Waals surface area contributed by atoms with Gasteiger partial charge in [0.05, 0.1) is 13.2 Å². The Morgan fingerprint density at radius 1 is 0.469 bits per heavy atom. The largest absolute Gasteiger partial charge is 0.465 e. The van der Waals surface area contributed by atoms with E-state index in [1.165, 1.54) is 89.9 Å². The Morgan fingerprint density at radius 3 is 1.18 bits per heavy atom. The monoisotopic (exact) mass is 686 g/mol. The Morgan fingerprint density at radius 2 is 0.816 bits per heavy atom. The molecule has 0 radical (unpaired) electrons. The first-order chi connectivity index (χ1) is 24.0. The quantitative estimate of drug-likeness (QED) is 0.0284. The van der Waals surface area contributed by atoms with Crippen molar-refractivity contribution in [1.82, 2.24) is 4.90 Å². The van der Waals surface area contributed by atoms with E-state index < -0.39 is 17.9 Å². The van der Waals surface area contributed by atoms with Crippen molar-refractivity contribution in [2.24, 2.45) is 5.92 Å². The topological polar surface area (TPSA) is 55.8 Å². The molecule has 0 aromatic rings. The van der Waals surface area contributed by atoms with Gasteiger partial charge in [-0.05, 0) is 111 Å². The van der Waals surface area contributed by atoms with Crippen LogP contribution in [0.3, 0.4) is 0 Å². The van der Waals surface area contributed by atoms with Gasteiger partial charge in [0.1, 0.15) is 0 Å². The van der Waals surface area contributed by atoms with E-state index in [4.69, 9.17) is 9.47 Å². The van der Waals surface area contributed by atoms with Crippen LogP contribution in [0, 0.1) is 5.92 Å². The molecule has 0 fully saturated rings. The van der Waals surface area contributed by atoms with Crippen LogP contribution in [0.5, 0.6) is 0 Å². The lowest BCUT2D eigenvalue weighted by atomic mass is 10.0. The first kappa shape index (κ1) is 46.9. The van der Waals surface area contributed by atoms with Crippen molar-refractivity contribution in [3.8, 4) is 0 Å². The first-order valence-electron chi connectivity index (χ1n) is 20.6. The molecule has 0 atom stereocenters. The maximum absolute atomic E-state index is 12.8. The van der Waals surface area contributed by atoms with E-state index in [1.807, 2.05) is 14.1 Å². The van der Waals surface area contributed by atoms with Gasteiger partial charge in [-0.15, -0.1) is 0 Å². The van der Waals surface area contributed by atoms with E-state index in [0.717, 1.165) is 77.2 Å². The highest BCUT2D eigenvalue weighted by Gasteiger charge is 2.29. The van der Waals surface area contributed by atoms with Gasteiger partial charge in [-0.2, -0.15) is 0 Å². The van der Waals surface area contributed by atoms with Crippen molar-refractivity contribution in [2.75, 3.05) is 33.9 Å². The van der Waals surface area contributed by atoms with Crippen LogP contribution in [0.4, 0.5) is 0 Å². The van der Waals surface area contributed by atoms with Crippen LogP contribution in [0.25, 0.3) is 0 Å². The first-order valence-corrected chi connectivity index (χ1v) is 20.6. The summed E-state index contributed by atoms with van der Waals surface area (Å²) in [6, 6.07) is 0. The number of nitrogens with zero attached hydrogens (tertiary/aromatic N) is 1. The van der Waals surface area contributed by atoms with Gasteiger partial charge in [-0.1, -0.05) is 140 Å². The van der Waals surface area contributed by atoms with Gasteiger partial charge in [-0.25, -0.2) is 0 Å². The third kappa shape index (κ3) is 35.5. The number of ether oxygens (including phenoxy) is 2. The summed E-state index contributed by atoms with van der Waals surface area (Å²) < 4.78 is 11.1. The molecule has 0 spiro atoms. The number of carbonyl (C=O) groups is 2. The average Bonchev–Trinajstić information content (AvgIpc) is 3.09. The third-order valence-electron chi connectivity index (χ3n) is 8.85. The Balaban J connectivity index is 3.99. The molecule has 0 aliphatic rings. The molecule has 5 heteroatoms. The van der Waals surface area contributed by atoms with Gasteiger partial charge in [0.25, 0.3) is 0 Å². The lowest BCUT2D eigenvalue weighted by Gasteiger charge is -2.17. The fourth-order valence-electron chi connectivity index (χ4n) is 5.67. The maximum Gasteiger partial charge on any atom is 0.320 e. The maximum atomic E-state index is 12.8. The molecule has 0 aliphatic carbocycles. The van der Waals surface area contributed by atoms with Gasteiger partial charge < -0.3 is 14.4 Å². The summed E-state index contributed by atoms with van der Waals surface area (Å²) in [5.74, 6) is -1.64. The molecule has 0 rings (SSSR count). The summed E-state index contributed by atoms with van der Waals surface area (Å²) in [6.45, 7) is 6.09. The Hall–Kier alpha value is -2.14. The number of carbonyl (C=O) groups excluding carboxylic acids is 2. The van der Waals surface area contributed by atoms with Crippen molar-refractivity contribution < 1.29 is 19.1 Å². The van der Waals surface area contributed by atoms with E-state index in [9.17, 15) is 9.59 Å². The van der Waals surface area contributed by atoms with Crippen LogP contribution in [-0.2, 0) is 19.1 Å². The third-order valence-corrected chi connectivity index (χ3v) is 8.85. The second-order valence-corrected chi connectivity index (χ2v) is 14.0. The van der Waals surface area contributed by atoms with Gasteiger partial charge in [-0.3, -0.25) is 9.59 Å².